The van der Waals surface area contributed by atoms with E-state index in [-0.39, 0.29) is 78.1 Å². The van der Waals surface area contributed by atoms with Gasteiger partial charge in [0.2, 0.25) is 0 Å². The topological polar surface area (TPSA) is 29.5 Å². The van der Waals surface area contributed by atoms with Gasteiger partial charge in [-0.2, -0.15) is 12.3 Å². The minimum Gasteiger partial charge on any atom is -0.411 e. The summed E-state index contributed by atoms with van der Waals surface area (Å²) in [7, 11) is 1.51. The maximum Gasteiger partial charge on any atom is 0.0410 e. The van der Waals surface area contributed by atoms with Gasteiger partial charge in [0.1, 0.15) is 0 Å². The monoisotopic (exact) mass is 362 g/mol. The molecule has 0 aliphatic heterocycles. The van der Waals surface area contributed by atoms with Crippen LogP contribution in [0, 0.1) is 25.2 Å². The van der Waals surface area contributed by atoms with Crippen LogP contribution < -0.4 is 0 Å². The number of hydrogen-bond donors (Lipinski definition) is 1. The van der Waals surface area contributed by atoms with E-state index in [1.54, 1.807) is 0 Å². The first-order valence-corrected chi connectivity index (χ1v) is 5.06. The first kappa shape index (κ1) is 19.5. The molecule has 0 saturated heterocycles. The Hall–Kier alpha value is 2.13. The number of methoxy groups -OCH3 is 1. The van der Waals surface area contributed by atoms with Crippen molar-refractivity contribution in [3.05, 3.63) is 13.3 Å². The summed E-state index contributed by atoms with van der Waals surface area (Å²) in [5.74, 6) is 2.16. The standard InChI is InChI=1S/C7H11.C4H9O2.2Y/c1-2-7-4-3-6(1)5-7;1-4(3-5)6-2;;/h1,6-7H,2-5H2;4-5H,1,3H2,2H3;;/q2*-1;;. The molecule has 2 saturated carbocycles. The van der Waals surface area contributed by atoms with Gasteiger partial charge in [-0.3, -0.25) is 0 Å². The van der Waals surface area contributed by atoms with E-state index in [4.69, 9.17) is 5.11 Å². The van der Waals surface area contributed by atoms with Crippen LogP contribution in [0.2, 0.25) is 0 Å². The summed E-state index contributed by atoms with van der Waals surface area (Å²) < 4.78 is 4.54. The van der Waals surface area contributed by atoms with E-state index in [9.17, 15) is 0 Å². The molecular weight excluding hydrogens is 342 g/mol. The smallest absolute Gasteiger partial charge is 0.0410 e. The Morgan fingerprint density at radius 2 is 2.13 bits per heavy atom. The molecule has 0 heterocycles. The number of hydrogen-bond acceptors (Lipinski definition) is 2. The van der Waals surface area contributed by atoms with Gasteiger partial charge >= 0.3 is 0 Å². The number of ether oxygens (including phenoxy) is 1. The predicted octanol–water partition coefficient (Wildman–Crippen LogP) is 1.83. The number of aliphatic hydroxyl groups is 1. The van der Waals surface area contributed by atoms with Crippen molar-refractivity contribution in [1.29, 1.82) is 0 Å². The second-order valence-electron chi connectivity index (χ2n) is 3.95. The van der Waals surface area contributed by atoms with Gasteiger partial charge in [-0.05, 0) is 6.10 Å². The fourth-order valence-electron chi connectivity index (χ4n) is 2.00. The zero-order valence-electron chi connectivity index (χ0n) is 9.56. The Morgan fingerprint density at radius 1 is 1.47 bits per heavy atom. The van der Waals surface area contributed by atoms with Crippen LogP contribution in [0.25, 0.3) is 0 Å². The van der Waals surface area contributed by atoms with Gasteiger partial charge in [-0.25, -0.2) is 0 Å². The van der Waals surface area contributed by atoms with Gasteiger partial charge < -0.3 is 23.2 Å². The van der Waals surface area contributed by atoms with E-state index in [2.05, 4.69) is 18.1 Å². The molecule has 15 heavy (non-hydrogen) atoms. The van der Waals surface area contributed by atoms with Gasteiger partial charge in [0.15, 0.2) is 0 Å². The number of rotatable bonds is 2. The molecule has 1 N–H and O–H groups in total. The molecule has 2 nitrogen and oxygen atoms in total. The first-order chi connectivity index (χ1) is 6.26. The van der Waals surface area contributed by atoms with E-state index < -0.39 is 0 Å². The van der Waals surface area contributed by atoms with Crippen LogP contribution in [-0.2, 0) is 70.2 Å². The van der Waals surface area contributed by atoms with E-state index in [1.807, 2.05) is 0 Å². The predicted molar refractivity (Wildman–Crippen MR) is 53.0 cm³/mol. The average molecular weight is 362 g/mol. The molecule has 2 aliphatic carbocycles. The first-order valence-electron chi connectivity index (χ1n) is 5.06. The zero-order valence-corrected chi connectivity index (χ0v) is 15.2. The normalized spacial score (nSPS) is 28.2. The molecule has 3 atom stereocenters. The molecule has 0 aromatic rings. The maximum absolute atomic E-state index is 8.15. The molecule has 84 valence electrons. The molecule has 3 unspecified atom stereocenters. The number of fused-ring (bicyclic) bond motifs is 2. The van der Waals surface area contributed by atoms with Crippen molar-refractivity contribution in [2.75, 3.05) is 13.7 Å². The van der Waals surface area contributed by atoms with Crippen molar-refractivity contribution >= 4 is 0 Å². The second-order valence-corrected chi connectivity index (χ2v) is 3.95. The summed E-state index contributed by atoms with van der Waals surface area (Å²) >= 11 is 0. The summed E-state index contributed by atoms with van der Waals surface area (Å²) in [5.41, 5.74) is 0. The third kappa shape index (κ3) is 7.95. The molecule has 2 aliphatic rings. The van der Waals surface area contributed by atoms with E-state index >= 15 is 0 Å². The molecule has 0 aromatic heterocycles. The molecule has 2 rings (SSSR count). The van der Waals surface area contributed by atoms with Crippen LogP contribution >= 0.6 is 0 Å². The fraction of sp³-hybridized carbons (Fsp3) is 0.818. The van der Waals surface area contributed by atoms with Crippen LogP contribution in [-0.4, -0.2) is 24.9 Å². The van der Waals surface area contributed by atoms with Crippen molar-refractivity contribution in [2.45, 2.75) is 31.8 Å². The van der Waals surface area contributed by atoms with E-state index in [0.29, 0.717) is 0 Å². The Morgan fingerprint density at radius 3 is 2.20 bits per heavy atom. The minimum absolute atomic E-state index is 0. The molecule has 0 amide bonds. The summed E-state index contributed by atoms with van der Waals surface area (Å²) in [4.78, 5) is 0. The largest absolute Gasteiger partial charge is 0.411 e. The Balaban J connectivity index is 0. The van der Waals surface area contributed by atoms with Gasteiger partial charge in [0.25, 0.3) is 0 Å². The SMILES string of the molecule is [CH-]1CC2CCC1C2.[CH2-]C(CO)OC.[Y].[Y]. The van der Waals surface area contributed by atoms with Gasteiger partial charge in [-0.1, -0.05) is 25.2 Å². The molecule has 2 radical (unpaired) electrons. The third-order valence-corrected chi connectivity index (χ3v) is 2.92. The van der Waals surface area contributed by atoms with E-state index in [0.717, 1.165) is 11.8 Å². The van der Waals surface area contributed by atoms with Crippen molar-refractivity contribution in [1.82, 2.24) is 0 Å². The van der Waals surface area contributed by atoms with Crippen LogP contribution in [0.5, 0.6) is 0 Å². The van der Waals surface area contributed by atoms with Gasteiger partial charge in [0, 0.05) is 79.1 Å². The maximum atomic E-state index is 8.15. The summed E-state index contributed by atoms with van der Waals surface area (Å²) in [6, 6.07) is 0. The quantitative estimate of drug-likeness (QED) is 0.760. The van der Waals surface area contributed by atoms with Crippen LogP contribution in [0.3, 0.4) is 0 Å². The van der Waals surface area contributed by atoms with Crippen molar-refractivity contribution in [3.63, 3.8) is 0 Å². The Bertz CT molecular complexity index is 123. The molecule has 0 aromatic carbocycles. The minimum atomic E-state index is -0.259. The van der Waals surface area contributed by atoms with Crippen LogP contribution in [0.1, 0.15) is 25.7 Å². The molecule has 4 heteroatoms. The molecule has 2 fully saturated rings. The Kier molecular flexibility index (Phi) is 14.6. The summed E-state index contributed by atoms with van der Waals surface area (Å²) in [5, 5.41) is 8.15. The van der Waals surface area contributed by atoms with Gasteiger partial charge in [0.05, 0.1) is 0 Å². The fourth-order valence-corrected chi connectivity index (χ4v) is 2.00. The van der Waals surface area contributed by atoms with E-state index in [1.165, 1.54) is 32.8 Å². The molecular formula is C11H20O2Y2-2. The van der Waals surface area contributed by atoms with Gasteiger partial charge in [-0.15, -0.1) is 0 Å². The summed E-state index contributed by atoms with van der Waals surface area (Å²) in [6.07, 6.45) is 8.25. The average Bonchev–Trinajstić information content (AvgIpc) is 2.81. The zero-order chi connectivity index (χ0) is 9.68. The number of aliphatic hydroxyl groups excluding tert-OH is 1. The third-order valence-electron chi connectivity index (χ3n) is 2.92. The van der Waals surface area contributed by atoms with Crippen LogP contribution in [0.15, 0.2) is 0 Å². The summed E-state index contributed by atoms with van der Waals surface area (Å²) in [6.45, 7) is 3.40. The van der Waals surface area contributed by atoms with Crippen LogP contribution in [0.4, 0.5) is 0 Å². The molecule has 0 spiro atoms. The van der Waals surface area contributed by atoms with Crippen molar-refractivity contribution in [3.8, 4) is 0 Å². The Labute approximate surface area is 144 Å². The molecule has 2 bridgehead atoms. The van der Waals surface area contributed by atoms with Crippen molar-refractivity contribution < 1.29 is 75.3 Å². The van der Waals surface area contributed by atoms with Crippen molar-refractivity contribution in [2.24, 2.45) is 11.8 Å². The second kappa shape index (κ2) is 11.2.